The molecular weight excluding hydrogens is 366 g/mol. The molecule has 0 aromatic heterocycles. The quantitative estimate of drug-likeness (QED) is 0.667. The first-order valence-electron chi connectivity index (χ1n) is 8.52. The normalized spacial score (nSPS) is 16.3. The van der Waals surface area contributed by atoms with E-state index in [1.807, 2.05) is 13.8 Å². The van der Waals surface area contributed by atoms with Crippen LogP contribution >= 0.6 is 0 Å². The second-order valence-electron chi connectivity index (χ2n) is 6.58. The summed E-state index contributed by atoms with van der Waals surface area (Å²) in [5, 5.41) is 0. The van der Waals surface area contributed by atoms with Crippen LogP contribution in [-0.2, 0) is 19.6 Å². The Kier molecular flexibility index (Phi) is 7.08. The third-order valence-corrected chi connectivity index (χ3v) is 5.93. The van der Waals surface area contributed by atoms with Crippen molar-refractivity contribution >= 4 is 15.9 Å². The maximum atomic E-state index is 13.3. The zero-order valence-electron chi connectivity index (χ0n) is 15.0. The van der Waals surface area contributed by atoms with Gasteiger partial charge in [-0.25, -0.2) is 17.2 Å². The zero-order valence-corrected chi connectivity index (χ0v) is 15.8. The molecule has 0 saturated carbocycles. The molecule has 1 aromatic rings. The number of amides is 1. The number of halogens is 2. The molecule has 1 fully saturated rings. The molecule has 1 amide bonds. The van der Waals surface area contributed by atoms with Crippen LogP contribution in [0, 0.1) is 17.6 Å². The first-order valence-corrected chi connectivity index (χ1v) is 9.96. The second kappa shape index (κ2) is 8.88. The van der Waals surface area contributed by atoms with Gasteiger partial charge in [0.1, 0.15) is 0 Å². The van der Waals surface area contributed by atoms with Crippen molar-refractivity contribution in [1.29, 1.82) is 0 Å². The SMILES string of the molecule is CC(C)COCCC(=O)N1CCN(S(=O)(=O)c2ccc(F)c(F)c2)CC1. The van der Waals surface area contributed by atoms with Crippen LogP contribution in [0.1, 0.15) is 20.3 Å². The first kappa shape index (κ1) is 20.7. The highest BCUT2D eigenvalue weighted by Crippen LogP contribution is 2.20. The Balaban J connectivity index is 1.88. The monoisotopic (exact) mass is 390 g/mol. The number of piperazine rings is 1. The van der Waals surface area contributed by atoms with Gasteiger partial charge in [0.15, 0.2) is 11.6 Å². The topological polar surface area (TPSA) is 66.9 Å². The van der Waals surface area contributed by atoms with E-state index in [1.165, 1.54) is 4.31 Å². The van der Waals surface area contributed by atoms with Gasteiger partial charge in [-0.3, -0.25) is 4.79 Å². The molecular formula is C17H24F2N2O4S. The van der Waals surface area contributed by atoms with E-state index in [-0.39, 0.29) is 43.4 Å². The fourth-order valence-corrected chi connectivity index (χ4v) is 4.04. The van der Waals surface area contributed by atoms with Crippen LogP contribution in [-0.4, -0.2) is 62.9 Å². The van der Waals surface area contributed by atoms with Gasteiger partial charge in [-0.15, -0.1) is 0 Å². The highest BCUT2D eigenvalue weighted by atomic mass is 32.2. The lowest BCUT2D eigenvalue weighted by molar-refractivity contribution is -0.133. The Morgan fingerprint density at radius 3 is 2.38 bits per heavy atom. The number of sulfonamides is 1. The van der Waals surface area contributed by atoms with Gasteiger partial charge in [0, 0.05) is 32.8 Å². The smallest absolute Gasteiger partial charge is 0.243 e. The molecule has 0 bridgehead atoms. The summed E-state index contributed by atoms with van der Waals surface area (Å²) in [7, 11) is -3.92. The van der Waals surface area contributed by atoms with Gasteiger partial charge in [0.05, 0.1) is 17.9 Å². The summed E-state index contributed by atoms with van der Waals surface area (Å²) >= 11 is 0. The summed E-state index contributed by atoms with van der Waals surface area (Å²) < 4.78 is 57.9. The molecule has 0 spiro atoms. The Morgan fingerprint density at radius 2 is 1.81 bits per heavy atom. The van der Waals surface area contributed by atoms with Crippen molar-refractivity contribution < 1.29 is 26.7 Å². The number of ether oxygens (including phenoxy) is 1. The van der Waals surface area contributed by atoms with Gasteiger partial charge >= 0.3 is 0 Å². The lowest BCUT2D eigenvalue weighted by Gasteiger charge is -2.34. The summed E-state index contributed by atoms with van der Waals surface area (Å²) in [6.07, 6.45) is 0.253. The molecule has 1 aliphatic rings. The maximum Gasteiger partial charge on any atom is 0.243 e. The van der Waals surface area contributed by atoms with Crippen LogP contribution in [0.25, 0.3) is 0 Å². The van der Waals surface area contributed by atoms with Crippen LogP contribution in [0.5, 0.6) is 0 Å². The third kappa shape index (κ3) is 5.21. The predicted octanol–water partition coefficient (Wildman–Crippen LogP) is 1.86. The number of benzene rings is 1. The Morgan fingerprint density at radius 1 is 1.15 bits per heavy atom. The third-order valence-electron chi connectivity index (χ3n) is 4.03. The predicted molar refractivity (Wildman–Crippen MR) is 92.0 cm³/mol. The summed E-state index contributed by atoms with van der Waals surface area (Å²) in [6, 6.07) is 2.50. The van der Waals surface area contributed by atoms with E-state index in [9.17, 15) is 22.0 Å². The number of rotatable bonds is 7. The average Bonchev–Trinajstić information content (AvgIpc) is 2.60. The molecule has 0 radical (unpaired) electrons. The molecule has 1 aromatic carbocycles. The zero-order chi connectivity index (χ0) is 19.3. The van der Waals surface area contributed by atoms with E-state index in [4.69, 9.17) is 4.74 Å². The Hall–Kier alpha value is -1.58. The molecule has 9 heteroatoms. The van der Waals surface area contributed by atoms with Crippen molar-refractivity contribution in [3.8, 4) is 0 Å². The van der Waals surface area contributed by atoms with Crippen LogP contribution in [0.3, 0.4) is 0 Å². The van der Waals surface area contributed by atoms with Crippen molar-refractivity contribution in [2.75, 3.05) is 39.4 Å². The molecule has 0 aliphatic carbocycles. The van der Waals surface area contributed by atoms with Crippen molar-refractivity contribution in [3.05, 3.63) is 29.8 Å². The van der Waals surface area contributed by atoms with Crippen LogP contribution in [0.15, 0.2) is 23.1 Å². The Labute approximate surface area is 152 Å². The number of carbonyl (C=O) groups excluding carboxylic acids is 1. The van der Waals surface area contributed by atoms with Crippen molar-refractivity contribution in [2.45, 2.75) is 25.2 Å². The fraction of sp³-hybridized carbons (Fsp3) is 0.588. The first-order chi connectivity index (χ1) is 12.2. The highest BCUT2D eigenvalue weighted by molar-refractivity contribution is 7.89. The van der Waals surface area contributed by atoms with Crippen molar-refractivity contribution in [3.63, 3.8) is 0 Å². The van der Waals surface area contributed by atoms with Gasteiger partial charge in [-0.1, -0.05) is 13.8 Å². The highest BCUT2D eigenvalue weighted by Gasteiger charge is 2.30. The summed E-state index contributed by atoms with van der Waals surface area (Å²) in [6.45, 7) is 5.71. The van der Waals surface area contributed by atoms with Crippen molar-refractivity contribution in [1.82, 2.24) is 9.21 Å². The maximum absolute atomic E-state index is 13.3. The minimum atomic E-state index is -3.92. The molecule has 1 aliphatic heterocycles. The van der Waals surface area contributed by atoms with E-state index in [0.29, 0.717) is 25.2 Å². The summed E-state index contributed by atoms with van der Waals surface area (Å²) in [5.41, 5.74) is 0. The average molecular weight is 390 g/mol. The standard InChI is InChI=1S/C17H24F2N2O4S/c1-13(2)12-25-10-5-17(22)20-6-8-21(9-7-20)26(23,24)14-3-4-15(18)16(19)11-14/h3-4,11,13H,5-10,12H2,1-2H3. The number of hydrogen-bond donors (Lipinski definition) is 0. The number of nitrogens with zero attached hydrogens (tertiary/aromatic N) is 2. The minimum Gasteiger partial charge on any atom is -0.381 e. The van der Waals surface area contributed by atoms with Gasteiger partial charge in [0.25, 0.3) is 0 Å². The van der Waals surface area contributed by atoms with E-state index >= 15 is 0 Å². The minimum absolute atomic E-state index is 0.0846. The van der Waals surface area contributed by atoms with Crippen LogP contribution < -0.4 is 0 Å². The molecule has 0 N–H and O–H groups in total. The summed E-state index contributed by atoms with van der Waals surface area (Å²) in [5.74, 6) is -1.99. The van der Waals surface area contributed by atoms with Gasteiger partial charge in [-0.05, 0) is 24.1 Å². The lowest BCUT2D eigenvalue weighted by atomic mass is 10.2. The lowest BCUT2D eigenvalue weighted by Crippen LogP contribution is -2.50. The molecule has 1 heterocycles. The van der Waals surface area contributed by atoms with Gasteiger partial charge in [0.2, 0.25) is 15.9 Å². The van der Waals surface area contributed by atoms with Gasteiger partial charge in [-0.2, -0.15) is 4.31 Å². The van der Waals surface area contributed by atoms with E-state index in [1.54, 1.807) is 4.90 Å². The van der Waals surface area contributed by atoms with Gasteiger partial charge < -0.3 is 9.64 Å². The Bertz CT molecular complexity index is 732. The van der Waals surface area contributed by atoms with E-state index < -0.39 is 21.7 Å². The van der Waals surface area contributed by atoms with Crippen LogP contribution in [0.2, 0.25) is 0 Å². The molecule has 26 heavy (non-hydrogen) atoms. The molecule has 146 valence electrons. The molecule has 2 rings (SSSR count). The molecule has 0 unspecified atom stereocenters. The van der Waals surface area contributed by atoms with E-state index in [2.05, 4.69) is 0 Å². The number of carbonyl (C=O) groups is 1. The largest absolute Gasteiger partial charge is 0.381 e. The fourth-order valence-electron chi connectivity index (χ4n) is 2.60. The summed E-state index contributed by atoms with van der Waals surface area (Å²) in [4.78, 5) is 13.4. The molecule has 1 saturated heterocycles. The van der Waals surface area contributed by atoms with Crippen molar-refractivity contribution in [2.24, 2.45) is 5.92 Å². The van der Waals surface area contributed by atoms with Crippen LogP contribution in [0.4, 0.5) is 8.78 Å². The molecule has 6 nitrogen and oxygen atoms in total. The van der Waals surface area contributed by atoms with E-state index in [0.717, 1.165) is 12.1 Å². The number of hydrogen-bond acceptors (Lipinski definition) is 4. The molecule has 0 atom stereocenters. The second-order valence-corrected chi connectivity index (χ2v) is 8.52.